The van der Waals surface area contributed by atoms with E-state index in [9.17, 15) is 9.59 Å². The Morgan fingerprint density at radius 1 is 1.27 bits per heavy atom. The molecule has 5 nitrogen and oxygen atoms in total. The van der Waals surface area contributed by atoms with E-state index in [0.717, 1.165) is 41.3 Å². The first-order chi connectivity index (χ1) is 12.5. The van der Waals surface area contributed by atoms with Gasteiger partial charge in [0.15, 0.2) is 0 Å². The highest BCUT2D eigenvalue weighted by molar-refractivity contribution is 9.10. The molecule has 0 unspecified atom stereocenters. The van der Waals surface area contributed by atoms with Crippen molar-refractivity contribution in [3.63, 3.8) is 0 Å². The van der Waals surface area contributed by atoms with Gasteiger partial charge in [-0.25, -0.2) is 0 Å². The SMILES string of the molecule is CN(CC(=O)Nc1sc2c(c1C(N)=O)CCCC2)Cc1ccccc1Br. The number of carbonyl (C=O) groups excluding carboxylic acids is 2. The van der Waals surface area contributed by atoms with Crippen molar-refractivity contribution in [3.8, 4) is 0 Å². The molecule has 0 atom stereocenters. The van der Waals surface area contributed by atoms with Crippen LogP contribution in [-0.4, -0.2) is 30.3 Å². The van der Waals surface area contributed by atoms with Crippen LogP contribution in [0.4, 0.5) is 5.00 Å². The number of fused-ring (bicyclic) bond motifs is 1. The first-order valence-electron chi connectivity index (χ1n) is 8.62. The zero-order valence-electron chi connectivity index (χ0n) is 14.7. The number of nitrogens with one attached hydrogen (secondary N) is 1. The minimum atomic E-state index is -0.457. The predicted octanol–water partition coefficient (Wildman–Crippen LogP) is 3.56. The van der Waals surface area contributed by atoms with Crippen molar-refractivity contribution in [3.05, 3.63) is 50.3 Å². The van der Waals surface area contributed by atoms with Crippen LogP contribution in [0.15, 0.2) is 28.7 Å². The van der Waals surface area contributed by atoms with Crippen molar-refractivity contribution >= 4 is 44.1 Å². The summed E-state index contributed by atoms with van der Waals surface area (Å²) in [6.07, 6.45) is 4.00. The lowest BCUT2D eigenvalue weighted by Crippen LogP contribution is -2.30. The minimum absolute atomic E-state index is 0.138. The lowest BCUT2D eigenvalue weighted by atomic mass is 9.95. The molecular formula is C19H22BrN3O2S. The molecule has 0 saturated heterocycles. The van der Waals surface area contributed by atoms with Crippen molar-refractivity contribution in [1.29, 1.82) is 0 Å². The van der Waals surface area contributed by atoms with Gasteiger partial charge in [-0.2, -0.15) is 0 Å². The molecule has 1 aliphatic rings. The predicted molar refractivity (Wildman–Crippen MR) is 109 cm³/mol. The highest BCUT2D eigenvalue weighted by Crippen LogP contribution is 2.37. The van der Waals surface area contributed by atoms with Gasteiger partial charge in [-0.3, -0.25) is 14.5 Å². The van der Waals surface area contributed by atoms with Crippen molar-refractivity contribution in [2.45, 2.75) is 32.2 Å². The minimum Gasteiger partial charge on any atom is -0.365 e. The van der Waals surface area contributed by atoms with Gasteiger partial charge in [-0.1, -0.05) is 34.1 Å². The molecule has 1 aliphatic carbocycles. The van der Waals surface area contributed by atoms with E-state index in [1.54, 1.807) is 0 Å². The fourth-order valence-electron chi connectivity index (χ4n) is 3.30. The molecule has 3 rings (SSSR count). The highest BCUT2D eigenvalue weighted by atomic mass is 79.9. The molecule has 138 valence electrons. The number of anilines is 1. The Bertz CT molecular complexity index is 834. The second-order valence-corrected chi connectivity index (χ2v) is 8.55. The summed E-state index contributed by atoms with van der Waals surface area (Å²) >= 11 is 5.02. The van der Waals surface area contributed by atoms with Crippen LogP contribution in [-0.2, 0) is 24.2 Å². The van der Waals surface area contributed by atoms with E-state index in [1.807, 2.05) is 36.2 Å². The Morgan fingerprint density at radius 3 is 2.73 bits per heavy atom. The summed E-state index contributed by atoms with van der Waals surface area (Å²) in [6, 6.07) is 7.95. The smallest absolute Gasteiger partial charge is 0.251 e. The fourth-order valence-corrected chi connectivity index (χ4v) is 5.02. The van der Waals surface area contributed by atoms with Gasteiger partial charge in [0.1, 0.15) is 5.00 Å². The van der Waals surface area contributed by atoms with Gasteiger partial charge >= 0.3 is 0 Å². The molecule has 1 aromatic heterocycles. The summed E-state index contributed by atoms with van der Waals surface area (Å²) in [5.74, 6) is -0.595. The molecule has 7 heteroatoms. The molecule has 0 saturated carbocycles. The van der Waals surface area contributed by atoms with Gasteiger partial charge < -0.3 is 11.1 Å². The maximum Gasteiger partial charge on any atom is 0.251 e. The third-order valence-electron chi connectivity index (χ3n) is 4.48. The second kappa shape index (κ2) is 8.33. The van der Waals surface area contributed by atoms with E-state index in [2.05, 4.69) is 21.2 Å². The normalized spacial score (nSPS) is 13.5. The number of aryl methyl sites for hydroxylation is 1. The zero-order valence-corrected chi connectivity index (χ0v) is 17.1. The number of benzene rings is 1. The average molecular weight is 436 g/mol. The van der Waals surface area contributed by atoms with Gasteiger partial charge in [0.05, 0.1) is 12.1 Å². The Hall–Kier alpha value is -1.70. The van der Waals surface area contributed by atoms with Gasteiger partial charge in [0.2, 0.25) is 5.91 Å². The van der Waals surface area contributed by atoms with Crippen LogP contribution in [0, 0.1) is 0 Å². The fraction of sp³-hybridized carbons (Fsp3) is 0.368. The summed E-state index contributed by atoms with van der Waals surface area (Å²) in [6.45, 7) is 0.889. The summed E-state index contributed by atoms with van der Waals surface area (Å²) in [5.41, 5.74) is 8.24. The molecule has 2 aromatic rings. The highest BCUT2D eigenvalue weighted by Gasteiger charge is 2.25. The molecule has 0 aliphatic heterocycles. The third-order valence-corrected chi connectivity index (χ3v) is 6.46. The molecule has 2 amide bonds. The molecule has 3 N–H and O–H groups in total. The number of nitrogens with zero attached hydrogens (tertiary/aromatic N) is 1. The zero-order chi connectivity index (χ0) is 18.7. The van der Waals surface area contributed by atoms with Crippen LogP contribution >= 0.6 is 27.3 Å². The van der Waals surface area contributed by atoms with E-state index in [1.165, 1.54) is 16.2 Å². The molecule has 1 heterocycles. The second-order valence-electron chi connectivity index (χ2n) is 6.59. The first kappa shape index (κ1) is 19.1. The first-order valence-corrected chi connectivity index (χ1v) is 10.2. The number of likely N-dealkylation sites (N-methyl/N-ethyl adjacent to an activating group) is 1. The van der Waals surface area contributed by atoms with Crippen molar-refractivity contribution in [1.82, 2.24) is 4.90 Å². The van der Waals surface area contributed by atoms with E-state index >= 15 is 0 Å². The maximum atomic E-state index is 12.5. The largest absolute Gasteiger partial charge is 0.365 e. The van der Waals surface area contributed by atoms with Crippen LogP contribution in [0.2, 0.25) is 0 Å². The Labute approximate surface area is 165 Å². The maximum absolute atomic E-state index is 12.5. The number of hydrogen-bond donors (Lipinski definition) is 2. The Balaban J connectivity index is 1.67. The molecule has 0 radical (unpaired) electrons. The number of carbonyl (C=O) groups is 2. The number of hydrogen-bond acceptors (Lipinski definition) is 4. The van der Waals surface area contributed by atoms with E-state index in [0.29, 0.717) is 17.1 Å². The van der Waals surface area contributed by atoms with Crippen LogP contribution in [0.5, 0.6) is 0 Å². The standard InChI is InChI=1S/C19H22BrN3O2S/c1-23(10-12-6-2-4-8-14(12)20)11-16(24)22-19-17(18(21)25)13-7-3-5-9-15(13)26-19/h2,4,6,8H,3,5,7,9-11H2,1H3,(H2,21,25)(H,22,24). The Morgan fingerprint density at radius 2 is 2.00 bits per heavy atom. The van der Waals surface area contributed by atoms with Crippen molar-refractivity contribution in [2.75, 3.05) is 18.9 Å². The molecule has 0 spiro atoms. The number of primary amides is 1. The third kappa shape index (κ3) is 4.34. The topological polar surface area (TPSA) is 75.4 Å². The summed E-state index contributed by atoms with van der Waals surface area (Å²) in [4.78, 5) is 27.5. The number of amides is 2. The summed E-state index contributed by atoms with van der Waals surface area (Å²) in [7, 11) is 1.90. The lowest BCUT2D eigenvalue weighted by molar-refractivity contribution is -0.117. The van der Waals surface area contributed by atoms with E-state index in [-0.39, 0.29) is 12.5 Å². The molecule has 0 bridgehead atoms. The van der Waals surface area contributed by atoms with Gasteiger partial charge in [-0.15, -0.1) is 11.3 Å². The average Bonchev–Trinajstić information content (AvgIpc) is 2.94. The van der Waals surface area contributed by atoms with Gasteiger partial charge in [0, 0.05) is 15.9 Å². The van der Waals surface area contributed by atoms with E-state index < -0.39 is 5.91 Å². The van der Waals surface area contributed by atoms with E-state index in [4.69, 9.17) is 5.73 Å². The molecule has 1 aromatic carbocycles. The molecule has 0 fully saturated rings. The van der Waals surface area contributed by atoms with Crippen LogP contribution in [0.1, 0.15) is 39.2 Å². The molecule has 26 heavy (non-hydrogen) atoms. The van der Waals surface area contributed by atoms with Crippen LogP contribution < -0.4 is 11.1 Å². The van der Waals surface area contributed by atoms with Crippen LogP contribution in [0.3, 0.4) is 0 Å². The number of halogens is 1. The van der Waals surface area contributed by atoms with Gasteiger partial charge in [-0.05, 0) is 49.9 Å². The van der Waals surface area contributed by atoms with Gasteiger partial charge in [0.25, 0.3) is 5.91 Å². The number of rotatable bonds is 6. The lowest BCUT2D eigenvalue weighted by Gasteiger charge is -2.17. The van der Waals surface area contributed by atoms with Crippen molar-refractivity contribution in [2.24, 2.45) is 5.73 Å². The summed E-state index contributed by atoms with van der Waals surface area (Å²) in [5, 5.41) is 3.51. The van der Waals surface area contributed by atoms with Crippen molar-refractivity contribution < 1.29 is 9.59 Å². The number of thiophene rings is 1. The molecular weight excluding hydrogens is 414 g/mol. The van der Waals surface area contributed by atoms with Crippen LogP contribution in [0.25, 0.3) is 0 Å². The summed E-state index contributed by atoms with van der Waals surface area (Å²) < 4.78 is 1.02. The monoisotopic (exact) mass is 435 g/mol. The quantitative estimate of drug-likeness (QED) is 0.727. The Kier molecular flexibility index (Phi) is 6.11. The number of nitrogens with two attached hydrogens (primary N) is 1.